The minimum atomic E-state index is -1.21. The van der Waals surface area contributed by atoms with E-state index in [-0.39, 0.29) is 11.6 Å². The van der Waals surface area contributed by atoms with E-state index in [1.807, 2.05) is 6.92 Å². The van der Waals surface area contributed by atoms with Crippen molar-refractivity contribution in [2.75, 3.05) is 6.61 Å². The van der Waals surface area contributed by atoms with Crippen molar-refractivity contribution in [2.45, 2.75) is 13.0 Å². The summed E-state index contributed by atoms with van der Waals surface area (Å²) in [6.07, 6.45) is 1.39. The van der Waals surface area contributed by atoms with Crippen LogP contribution in [-0.4, -0.2) is 22.2 Å². The maximum atomic E-state index is 12.1. The molecule has 0 fully saturated rings. The molecule has 3 rings (SSSR count). The van der Waals surface area contributed by atoms with E-state index in [9.17, 15) is 9.59 Å². The first kappa shape index (κ1) is 10.8. The van der Waals surface area contributed by atoms with Gasteiger partial charge in [0.25, 0.3) is 0 Å². The largest absolute Gasteiger partial charge is 0.489 e. The normalized spacial score (nSPS) is 17.5. The van der Waals surface area contributed by atoms with Crippen molar-refractivity contribution in [2.24, 2.45) is 0 Å². The number of nitrogens with zero attached hydrogens (tertiary/aromatic N) is 1. The molecule has 18 heavy (non-hydrogen) atoms. The van der Waals surface area contributed by atoms with Gasteiger partial charge in [-0.1, -0.05) is 0 Å². The van der Waals surface area contributed by atoms with Crippen molar-refractivity contribution in [3.05, 3.63) is 40.2 Å². The Morgan fingerprint density at radius 2 is 2.39 bits per heavy atom. The number of pyridine rings is 1. The van der Waals surface area contributed by atoms with Crippen LogP contribution >= 0.6 is 0 Å². The van der Waals surface area contributed by atoms with E-state index < -0.39 is 11.4 Å². The molecule has 1 atom stereocenters. The highest BCUT2D eigenvalue weighted by Gasteiger charge is 2.23. The Morgan fingerprint density at radius 3 is 3.11 bits per heavy atom. The number of hydrogen-bond acceptors (Lipinski definition) is 3. The lowest BCUT2D eigenvalue weighted by atomic mass is 10.1. The van der Waals surface area contributed by atoms with Gasteiger partial charge in [0, 0.05) is 12.3 Å². The third kappa shape index (κ3) is 1.33. The Morgan fingerprint density at radius 1 is 1.61 bits per heavy atom. The zero-order valence-electron chi connectivity index (χ0n) is 9.64. The monoisotopic (exact) mass is 244 g/mol. The second-order valence-corrected chi connectivity index (χ2v) is 4.31. The Balaban J connectivity index is 2.52. The topological polar surface area (TPSA) is 68.5 Å². The number of aromatic carboxylic acids is 1. The SMILES string of the molecule is CC1COc2[c]ccc3c(=O)c(C(=O)O)cn1c23. The van der Waals surface area contributed by atoms with E-state index in [1.54, 1.807) is 16.7 Å². The smallest absolute Gasteiger partial charge is 0.341 e. The molecular formula is C13H10NO4. The van der Waals surface area contributed by atoms with Crippen molar-refractivity contribution >= 4 is 16.9 Å². The lowest BCUT2D eigenvalue weighted by molar-refractivity contribution is 0.0694. The van der Waals surface area contributed by atoms with E-state index in [0.717, 1.165) is 0 Å². The van der Waals surface area contributed by atoms with Crippen molar-refractivity contribution in [3.63, 3.8) is 0 Å². The molecule has 1 aromatic carbocycles. The van der Waals surface area contributed by atoms with Crippen LogP contribution in [0.25, 0.3) is 10.9 Å². The van der Waals surface area contributed by atoms with Gasteiger partial charge in [-0.25, -0.2) is 4.79 Å². The molecule has 91 valence electrons. The van der Waals surface area contributed by atoms with Gasteiger partial charge in [-0.2, -0.15) is 0 Å². The standard InChI is InChI=1S/C13H10NO4/c1-7-6-18-10-4-2-3-8-11(10)14(7)5-9(12(8)15)13(16)17/h2-3,5,7H,6H2,1H3,(H,16,17). The molecule has 5 heteroatoms. The maximum Gasteiger partial charge on any atom is 0.341 e. The van der Waals surface area contributed by atoms with Crippen LogP contribution in [0.15, 0.2) is 23.1 Å². The summed E-state index contributed by atoms with van der Waals surface area (Å²) in [6.45, 7) is 2.34. The molecular weight excluding hydrogens is 234 g/mol. The Bertz CT molecular complexity index is 717. The molecule has 0 saturated heterocycles. The molecule has 0 saturated carbocycles. The van der Waals surface area contributed by atoms with Crippen molar-refractivity contribution in [3.8, 4) is 5.75 Å². The van der Waals surface area contributed by atoms with Crippen molar-refractivity contribution in [1.29, 1.82) is 0 Å². The van der Waals surface area contributed by atoms with Crippen LogP contribution in [0.5, 0.6) is 5.75 Å². The predicted molar refractivity (Wildman–Crippen MR) is 64.2 cm³/mol. The molecule has 0 amide bonds. The molecule has 0 bridgehead atoms. The summed E-state index contributed by atoms with van der Waals surface area (Å²) in [4.78, 5) is 23.1. The minimum absolute atomic E-state index is 0.0190. The molecule has 1 unspecified atom stereocenters. The number of ether oxygens (including phenoxy) is 1. The number of carboxylic acid groups (broad SMARTS) is 1. The van der Waals surface area contributed by atoms with Crippen LogP contribution in [0.1, 0.15) is 23.3 Å². The average Bonchev–Trinajstić information content (AvgIpc) is 2.35. The first-order valence-electron chi connectivity index (χ1n) is 5.55. The summed E-state index contributed by atoms with van der Waals surface area (Å²) in [5, 5.41) is 9.42. The van der Waals surface area contributed by atoms with Crippen LogP contribution < -0.4 is 10.2 Å². The lowest BCUT2D eigenvalue weighted by Crippen LogP contribution is -2.26. The number of carbonyl (C=O) groups is 1. The zero-order chi connectivity index (χ0) is 12.9. The molecule has 1 N–H and O–H groups in total. The molecule has 1 aliphatic rings. The van der Waals surface area contributed by atoms with E-state index in [1.165, 1.54) is 6.20 Å². The number of rotatable bonds is 1. The molecule has 1 aliphatic heterocycles. The second-order valence-electron chi connectivity index (χ2n) is 4.31. The highest BCUT2D eigenvalue weighted by atomic mass is 16.5. The van der Waals surface area contributed by atoms with Gasteiger partial charge in [0.05, 0.1) is 16.9 Å². The van der Waals surface area contributed by atoms with Gasteiger partial charge >= 0.3 is 5.97 Å². The molecule has 5 nitrogen and oxygen atoms in total. The molecule has 2 aromatic rings. The summed E-state index contributed by atoms with van der Waals surface area (Å²) in [6, 6.07) is 6.05. The number of aromatic nitrogens is 1. The summed E-state index contributed by atoms with van der Waals surface area (Å²) in [5.41, 5.74) is -0.0821. The lowest BCUT2D eigenvalue weighted by Gasteiger charge is -2.26. The van der Waals surface area contributed by atoms with Gasteiger partial charge in [0.2, 0.25) is 5.43 Å². The number of carboxylic acids is 1. The van der Waals surface area contributed by atoms with Crippen LogP contribution in [-0.2, 0) is 0 Å². The average molecular weight is 244 g/mol. The third-order valence-corrected chi connectivity index (χ3v) is 3.12. The fourth-order valence-corrected chi connectivity index (χ4v) is 2.21. The first-order chi connectivity index (χ1) is 8.59. The molecule has 0 aliphatic carbocycles. The summed E-state index contributed by atoms with van der Waals surface area (Å²) in [5.74, 6) is -0.710. The Kier molecular flexibility index (Phi) is 2.16. The summed E-state index contributed by atoms with van der Waals surface area (Å²) >= 11 is 0. The summed E-state index contributed by atoms with van der Waals surface area (Å²) < 4.78 is 7.27. The summed E-state index contributed by atoms with van der Waals surface area (Å²) in [7, 11) is 0. The first-order valence-corrected chi connectivity index (χ1v) is 5.55. The van der Waals surface area contributed by atoms with E-state index in [2.05, 4.69) is 6.07 Å². The van der Waals surface area contributed by atoms with Gasteiger partial charge in [-0.05, 0) is 19.1 Å². The molecule has 0 spiro atoms. The van der Waals surface area contributed by atoms with Gasteiger partial charge in [-0.3, -0.25) is 4.79 Å². The van der Waals surface area contributed by atoms with Crippen LogP contribution in [0.2, 0.25) is 0 Å². The maximum absolute atomic E-state index is 12.1. The highest BCUT2D eigenvalue weighted by molar-refractivity contribution is 5.94. The van der Waals surface area contributed by atoms with Gasteiger partial charge < -0.3 is 14.4 Å². The van der Waals surface area contributed by atoms with Gasteiger partial charge in [-0.15, -0.1) is 0 Å². The quantitative estimate of drug-likeness (QED) is 0.824. The Labute approximate surface area is 102 Å². The molecule has 1 aromatic heterocycles. The van der Waals surface area contributed by atoms with Crippen LogP contribution in [0, 0.1) is 6.07 Å². The van der Waals surface area contributed by atoms with E-state index in [4.69, 9.17) is 9.84 Å². The van der Waals surface area contributed by atoms with Crippen molar-refractivity contribution in [1.82, 2.24) is 4.57 Å². The van der Waals surface area contributed by atoms with Gasteiger partial charge in [0.1, 0.15) is 12.2 Å². The fourth-order valence-electron chi connectivity index (χ4n) is 2.21. The third-order valence-electron chi connectivity index (χ3n) is 3.12. The van der Waals surface area contributed by atoms with Gasteiger partial charge in [0.15, 0.2) is 5.75 Å². The van der Waals surface area contributed by atoms with E-state index in [0.29, 0.717) is 23.3 Å². The van der Waals surface area contributed by atoms with Crippen molar-refractivity contribution < 1.29 is 14.6 Å². The fraction of sp³-hybridized carbons (Fsp3) is 0.231. The Hall–Kier alpha value is -2.30. The minimum Gasteiger partial charge on any atom is -0.489 e. The number of hydrogen-bond donors (Lipinski definition) is 1. The highest BCUT2D eigenvalue weighted by Crippen LogP contribution is 2.30. The number of benzene rings is 1. The second kappa shape index (κ2) is 3.60. The van der Waals surface area contributed by atoms with Crippen LogP contribution in [0.3, 0.4) is 0 Å². The predicted octanol–water partition coefficient (Wildman–Crippen LogP) is 1.45. The molecule has 1 radical (unpaired) electrons. The zero-order valence-corrected chi connectivity index (χ0v) is 9.64. The molecule has 2 heterocycles. The van der Waals surface area contributed by atoms with Crippen LogP contribution in [0.4, 0.5) is 0 Å². The van der Waals surface area contributed by atoms with E-state index >= 15 is 0 Å².